The molecule has 35 heavy (non-hydrogen) atoms. The summed E-state index contributed by atoms with van der Waals surface area (Å²) in [6.07, 6.45) is 2.71. The first-order valence-electron chi connectivity index (χ1n) is 11.7. The Balaban J connectivity index is 1.57. The highest BCUT2D eigenvalue weighted by Crippen LogP contribution is 2.36. The molecule has 2 amide bonds. The summed E-state index contributed by atoms with van der Waals surface area (Å²) in [6.45, 7) is 2.15. The summed E-state index contributed by atoms with van der Waals surface area (Å²) in [5, 5.41) is 23.8. The molecule has 0 atom stereocenters. The number of ketones is 1. The second-order valence-electron chi connectivity index (χ2n) is 8.66. The molecule has 2 aliphatic rings. The van der Waals surface area contributed by atoms with E-state index in [1.165, 1.54) is 18.7 Å². The number of hydrogen-bond acceptors (Lipinski definition) is 8. The van der Waals surface area contributed by atoms with Crippen LogP contribution >= 0.6 is 11.8 Å². The molecule has 3 rings (SSSR count). The third-order valence-corrected chi connectivity index (χ3v) is 7.29. The molecule has 10 nitrogen and oxygen atoms in total. The molecular formula is C24H33N6O4S+. The zero-order chi connectivity index (χ0) is 25.3. The van der Waals surface area contributed by atoms with Crippen LogP contribution in [-0.2, 0) is 20.1 Å². The molecule has 0 aromatic heterocycles. The highest BCUT2D eigenvalue weighted by molar-refractivity contribution is 7.99. The predicted molar refractivity (Wildman–Crippen MR) is 138 cm³/mol. The molecule has 188 valence electrons. The molecule has 1 saturated carbocycles. The number of carbonyl (C=O) groups is 3. The minimum absolute atomic E-state index is 0.0333. The van der Waals surface area contributed by atoms with Gasteiger partial charge in [0.05, 0.1) is 36.3 Å². The van der Waals surface area contributed by atoms with Gasteiger partial charge in [-0.15, -0.1) is 11.8 Å². The van der Waals surface area contributed by atoms with Crippen molar-refractivity contribution in [1.29, 1.82) is 5.41 Å². The number of Topliss-reactive ketones (excluding diaryl/α,β-unsaturated/α-hetero) is 1. The third-order valence-electron chi connectivity index (χ3n) is 6.22. The standard InChI is InChI=1S/C24H32N6O4S/c1-17(25)20(29-34)14-27-21-22(32)30(12-11-26-21)24(9-5-6-10-24)23(33)28-13-19(31)16-35-15-18-7-3-2-4-8-18/h2-4,7-8,25,34H,5-6,9-16H2,1H3,(H,26,27)(H,28,33)/p+1/b25-17?,29-20-. The van der Waals surface area contributed by atoms with E-state index in [9.17, 15) is 14.4 Å². The third kappa shape index (κ3) is 6.68. The Bertz CT molecular complexity index is 1000. The summed E-state index contributed by atoms with van der Waals surface area (Å²) >= 11 is 1.51. The first kappa shape index (κ1) is 26.4. The lowest BCUT2D eigenvalue weighted by Gasteiger charge is -2.41. The molecule has 1 aliphatic carbocycles. The predicted octanol–water partition coefficient (Wildman–Crippen LogP) is 0.868. The van der Waals surface area contributed by atoms with Crippen LogP contribution in [0.2, 0.25) is 0 Å². The topological polar surface area (TPSA) is 150 Å². The van der Waals surface area contributed by atoms with Gasteiger partial charge in [-0.05, 0) is 25.3 Å². The maximum atomic E-state index is 13.3. The molecule has 1 aromatic carbocycles. The van der Waals surface area contributed by atoms with Gasteiger partial charge in [-0.2, -0.15) is 0 Å². The molecule has 0 unspecified atom stereocenters. The number of carbonyl (C=O) groups excluding carboxylic acids is 3. The van der Waals surface area contributed by atoms with Crippen LogP contribution in [-0.4, -0.2) is 82.4 Å². The number of amides is 2. The second kappa shape index (κ2) is 12.5. The van der Waals surface area contributed by atoms with E-state index in [2.05, 4.69) is 20.8 Å². The molecular weight excluding hydrogens is 468 g/mol. The molecule has 0 bridgehead atoms. The minimum Gasteiger partial charge on any atom is -0.469 e. The van der Waals surface area contributed by atoms with Crippen LogP contribution in [0.25, 0.3) is 0 Å². The fourth-order valence-electron chi connectivity index (χ4n) is 4.35. The van der Waals surface area contributed by atoms with Crippen LogP contribution in [0.4, 0.5) is 0 Å². The van der Waals surface area contributed by atoms with Crippen LogP contribution in [0, 0.1) is 5.41 Å². The number of amidine groups is 1. The largest absolute Gasteiger partial charge is 0.469 e. The van der Waals surface area contributed by atoms with Crippen molar-refractivity contribution in [2.45, 2.75) is 43.9 Å². The van der Waals surface area contributed by atoms with Crippen LogP contribution in [0.1, 0.15) is 38.2 Å². The number of hydrogen-bond donors (Lipinski definition) is 3. The van der Waals surface area contributed by atoms with Gasteiger partial charge in [0.1, 0.15) is 5.54 Å². The first-order valence-corrected chi connectivity index (χ1v) is 12.8. The molecule has 1 aliphatic heterocycles. The van der Waals surface area contributed by atoms with Crippen molar-refractivity contribution in [3.63, 3.8) is 0 Å². The Morgan fingerprint density at radius 2 is 1.94 bits per heavy atom. The van der Waals surface area contributed by atoms with Crippen molar-refractivity contribution < 1.29 is 19.6 Å². The van der Waals surface area contributed by atoms with E-state index in [1.54, 1.807) is 4.90 Å². The van der Waals surface area contributed by atoms with E-state index in [4.69, 9.17) is 10.6 Å². The van der Waals surface area contributed by atoms with Gasteiger partial charge in [0.15, 0.2) is 17.3 Å². The van der Waals surface area contributed by atoms with Gasteiger partial charge in [0.25, 0.3) is 5.91 Å². The Morgan fingerprint density at radius 1 is 1.23 bits per heavy atom. The Hall–Kier alpha value is -3.21. The van der Waals surface area contributed by atoms with E-state index in [1.807, 2.05) is 30.3 Å². The van der Waals surface area contributed by atoms with Crippen molar-refractivity contribution >= 4 is 46.6 Å². The fourth-order valence-corrected chi connectivity index (χ4v) is 5.21. The second-order valence-corrected chi connectivity index (χ2v) is 9.65. The summed E-state index contributed by atoms with van der Waals surface area (Å²) < 4.78 is 0. The van der Waals surface area contributed by atoms with Gasteiger partial charge in [0.2, 0.25) is 5.91 Å². The number of nitrogens with zero attached hydrogens (tertiary/aromatic N) is 3. The Labute approximate surface area is 209 Å². The zero-order valence-corrected chi connectivity index (χ0v) is 20.7. The summed E-state index contributed by atoms with van der Waals surface area (Å²) in [5.41, 5.74) is 0.480. The van der Waals surface area contributed by atoms with Crippen molar-refractivity contribution in [1.82, 2.24) is 15.5 Å². The summed E-state index contributed by atoms with van der Waals surface area (Å²) in [5.74, 6) is 0.389. The molecule has 0 spiro atoms. The van der Waals surface area contributed by atoms with Crippen molar-refractivity contribution in [2.24, 2.45) is 10.1 Å². The van der Waals surface area contributed by atoms with Gasteiger partial charge in [0, 0.05) is 12.3 Å². The highest BCUT2D eigenvalue weighted by atomic mass is 32.2. The molecule has 1 heterocycles. The number of rotatable bonds is 11. The summed E-state index contributed by atoms with van der Waals surface area (Å²) in [6, 6.07) is 9.90. The van der Waals surface area contributed by atoms with E-state index in [0.29, 0.717) is 31.7 Å². The minimum atomic E-state index is -0.999. The summed E-state index contributed by atoms with van der Waals surface area (Å²) in [7, 11) is 0. The average Bonchev–Trinajstić information content (AvgIpc) is 3.35. The lowest BCUT2D eigenvalue weighted by molar-refractivity contribution is -0.144. The smallest absolute Gasteiger partial charge is 0.289 e. The van der Waals surface area contributed by atoms with E-state index < -0.39 is 5.54 Å². The number of aliphatic imine (C=N–C) groups is 1. The van der Waals surface area contributed by atoms with Crippen molar-refractivity contribution in [2.75, 3.05) is 31.9 Å². The van der Waals surface area contributed by atoms with Crippen LogP contribution < -0.4 is 10.6 Å². The van der Waals surface area contributed by atoms with Gasteiger partial charge in [-0.1, -0.05) is 43.2 Å². The maximum absolute atomic E-state index is 13.3. The quantitative estimate of drug-likeness (QED) is 0.234. The number of nitrogens with one attached hydrogen (secondary N) is 3. The van der Waals surface area contributed by atoms with Crippen molar-refractivity contribution in [3.05, 3.63) is 35.9 Å². The van der Waals surface area contributed by atoms with Crippen LogP contribution in [0.5, 0.6) is 0 Å². The fraction of sp³-hybridized carbons (Fsp3) is 0.500. The molecule has 11 heteroatoms. The molecule has 0 saturated heterocycles. The monoisotopic (exact) mass is 501 g/mol. The van der Waals surface area contributed by atoms with E-state index in [-0.39, 0.29) is 47.9 Å². The van der Waals surface area contributed by atoms with Gasteiger partial charge in [-0.25, -0.2) is 0 Å². The average molecular weight is 502 g/mol. The van der Waals surface area contributed by atoms with Crippen LogP contribution in [0.15, 0.2) is 40.5 Å². The van der Waals surface area contributed by atoms with E-state index in [0.717, 1.165) is 24.2 Å². The Kier molecular flexibility index (Phi) is 9.41. The highest BCUT2D eigenvalue weighted by Gasteiger charge is 2.49. The first-order chi connectivity index (χ1) is 16.9. The van der Waals surface area contributed by atoms with Crippen LogP contribution in [0.3, 0.4) is 0 Å². The zero-order valence-electron chi connectivity index (χ0n) is 19.9. The maximum Gasteiger partial charge on any atom is 0.289 e. The molecule has 5 N–H and O–H groups in total. The summed E-state index contributed by atoms with van der Waals surface area (Å²) in [4.78, 5) is 44.8. The SMILES string of the molecule is CC(=N)/C(CNC1=NCCN(C2(C(=O)NCC(=O)CSCc3ccccc3)CCCC2)C1=O)=N\[OH2+]. The molecule has 1 fully saturated rings. The van der Waals surface area contributed by atoms with Gasteiger partial charge in [-0.3, -0.25) is 19.4 Å². The van der Waals surface area contributed by atoms with Gasteiger partial charge < -0.3 is 26.2 Å². The number of benzene rings is 1. The molecule has 1 aromatic rings. The number of thioether (sulfide) groups is 1. The van der Waals surface area contributed by atoms with E-state index >= 15 is 0 Å². The van der Waals surface area contributed by atoms with Gasteiger partial charge >= 0.3 is 0 Å². The lowest BCUT2D eigenvalue weighted by Crippen LogP contribution is -2.64. The lowest BCUT2D eigenvalue weighted by atomic mass is 9.92. The normalized spacial score (nSPS) is 17.6. The Morgan fingerprint density at radius 3 is 2.60 bits per heavy atom. The van der Waals surface area contributed by atoms with Crippen molar-refractivity contribution in [3.8, 4) is 0 Å². The molecule has 0 radical (unpaired) electrons.